The summed E-state index contributed by atoms with van der Waals surface area (Å²) in [5.41, 5.74) is 4.64. The second-order valence-corrected chi connectivity index (χ2v) is 7.05. The third kappa shape index (κ3) is 7.05. The number of amides is 2. The van der Waals surface area contributed by atoms with E-state index in [2.05, 4.69) is 15.8 Å². The van der Waals surface area contributed by atoms with E-state index >= 15 is 0 Å². The van der Waals surface area contributed by atoms with Crippen molar-refractivity contribution in [1.82, 2.24) is 10.7 Å². The van der Waals surface area contributed by atoms with Crippen molar-refractivity contribution >= 4 is 24.0 Å². The van der Waals surface area contributed by atoms with Gasteiger partial charge in [0.05, 0.1) is 6.21 Å². The van der Waals surface area contributed by atoms with E-state index in [1.807, 2.05) is 32.9 Å². The number of rotatable bonds is 9. The van der Waals surface area contributed by atoms with Gasteiger partial charge >= 0.3 is 5.97 Å². The highest BCUT2D eigenvalue weighted by molar-refractivity contribution is 5.97. The van der Waals surface area contributed by atoms with Crippen LogP contribution in [0.25, 0.3) is 0 Å². The number of benzene rings is 2. The van der Waals surface area contributed by atoms with Gasteiger partial charge in [-0.3, -0.25) is 9.59 Å². The Bertz CT molecular complexity index is 905. The molecule has 0 aliphatic rings. The summed E-state index contributed by atoms with van der Waals surface area (Å²) in [5, 5.41) is 15.3. The fourth-order valence-electron chi connectivity index (χ4n) is 2.50. The highest BCUT2D eigenvalue weighted by atomic mass is 16.5. The van der Waals surface area contributed by atoms with Gasteiger partial charge in [0, 0.05) is 5.56 Å². The van der Waals surface area contributed by atoms with Crippen LogP contribution in [0.5, 0.6) is 5.75 Å². The number of hydrogen-bond acceptors (Lipinski definition) is 5. The SMILES string of the molecule is Cc1ccc(C(=O)NC(C(=O)NN=Cc2ccc(OCC(=O)O)cc2)C(C)C)cc1. The first-order valence-corrected chi connectivity index (χ1v) is 9.41. The molecule has 0 fully saturated rings. The monoisotopic (exact) mass is 411 g/mol. The topological polar surface area (TPSA) is 117 Å². The maximum atomic E-state index is 12.5. The van der Waals surface area contributed by atoms with Gasteiger partial charge in [-0.15, -0.1) is 0 Å². The lowest BCUT2D eigenvalue weighted by molar-refractivity contribution is -0.139. The smallest absolute Gasteiger partial charge is 0.341 e. The Kier molecular flexibility index (Phi) is 8.10. The van der Waals surface area contributed by atoms with E-state index in [1.54, 1.807) is 36.4 Å². The number of hydrazone groups is 1. The van der Waals surface area contributed by atoms with Crippen molar-refractivity contribution < 1.29 is 24.2 Å². The first kappa shape index (κ1) is 22.6. The summed E-state index contributed by atoms with van der Waals surface area (Å²) in [4.78, 5) is 35.4. The molecule has 2 aromatic carbocycles. The Labute approximate surface area is 174 Å². The lowest BCUT2D eigenvalue weighted by atomic mass is 10.0. The van der Waals surface area contributed by atoms with Crippen molar-refractivity contribution in [1.29, 1.82) is 0 Å². The van der Waals surface area contributed by atoms with E-state index in [1.165, 1.54) is 6.21 Å². The number of carboxylic acids is 1. The second kappa shape index (κ2) is 10.8. The molecule has 8 nitrogen and oxygen atoms in total. The predicted molar refractivity (Wildman–Crippen MR) is 113 cm³/mol. The number of aliphatic carboxylic acids is 1. The average molecular weight is 411 g/mol. The molecule has 2 amide bonds. The molecule has 0 aliphatic carbocycles. The summed E-state index contributed by atoms with van der Waals surface area (Å²) in [6.45, 7) is 5.17. The van der Waals surface area contributed by atoms with E-state index < -0.39 is 24.5 Å². The Morgan fingerprint density at radius 3 is 2.27 bits per heavy atom. The van der Waals surface area contributed by atoms with Crippen molar-refractivity contribution in [3.63, 3.8) is 0 Å². The average Bonchev–Trinajstić information content (AvgIpc) is 2.71. The van der Waals surface area contributed by atoms with Crippen LogP contribution in [0.4, 0.5) is 0 Å². The van der Waals surface area contributed by atoms with Crippen molar-refractivity contribution in [2.24, 2.45) is 11.0 Å². The molecule has 8 heteroatoms. The van der Waals surface area contributed by atoms with Crippen molar-refractivity contribution in [2.45, 2.75) is 26.8 Å². The molecular formula is C22H25N3O5. The zero-order valence-corrected chi connectivity index (χ0v) is 17.1. The van der Waals surface area contributed by atoms with Gasteiger partial charge in [0.1, 0.15) is 11.8 Å². The van der Waals surface area contributed by atoms with Gasteiger partial charge in [-0.25, -0.2) is 10.2 Å². The van der Waals surface area contributed by atoms with Crippen LogP contribution in [-0.4, -0.2) is 41.8 Å². The van der Waals surface area contributed by atoms with Crippen LogP contribution in [0.15, 0.2) is 53.6 Å². The van der Waals surface area contributed by atoms with E-state index in [0.717, 1.165) is 5.56 Å². The van der Waals surface area contributed by atoms with E-state index in [-0.39, 0.29) is 11.8 Å². The summed E-state index contributed by atoms with van der Waals surface area (Å²) in [5.74, 6) is -1.54. The summed E-state index contributed by atoms with van der Waals surface area (Å²) >= 11 is 0. The number of carbonyl (C=O) groups excluding carboxylic acids is 2. The van der Waals surface area contributed by atoms with Crippen molar-refractivity contribution in [3.8, 4) is 5.75 Å². The van der Waals surface area contributed by atoms with E-state index in [0.29, 0.717) is 16.9 Å². The third-order valence-corrected chi connectivity index (χ3v) is 4.18. The van der Waals surface area contributed by atoms with Crippen LogP contribution < -0.4 is 15.5 Å². The fourth-order valence-corrected chi connectivity index (χ4v) is 2.50. The fraction of sp³-hybridized carbons (Fsp3) is 0.273. The molecule has 2 rings (SSSR count). The summed E-state index contributed by atoms with van der Waals surface area (Å²) in [6.07, 6.45) is 1.44. The van der Waals surface area contributed by atoms with Gasteiger partial charge < -0.3 is 15.2 Å². The Morgan fingerprint density at radius 2 is 1.70 bits per heavy atom. The number of carbonyl (C=O) groups is 3. The van der Waals surface area contributed by atoms with Gasteiger partial charge in [0.15, 0.2) is 6.61 Å². The minimum absolute atomic E-state index is 0.139. The molecular weight excluding hydrogens is 386 g/mol. The second-order valence-electron chi connectivity index (χ2n) is 7.05. The zero-order chi connectivity index (χ0) is 22.1. The van der Waals surface area contributed by atoms with Crippen LogP contribution in [-0.2, 0) is 9.59 Å². The van der Waals surface area contributed by atoms with Gasteiger partial charge in [0.25, 0.3) is 11.8 Å². The van der Waals surface area contributed by atoms with Gasteiger partial charge in [-0.2, -0.15) is 5.10 Å². The summed E-state index contributed by atoms with van der Waals surface area (Å²) in [6, 6.07) is 12.9. The number of ether oxygens (including phenoxy) is 1. The third-order valence-electron chi connectivity index (χ3n) is 4.18. The molecule has 3 N–H and O–H groups in total. The molecule has 0 saturated carbocycles. The van der Waals surface area contributed by atoms with E-state index in [4.69, 9.17) is 9.84 Å². The van der Waals surface area contributed by atoms with Gasteiger partial charge in [0.2, 0.25) is 0 Å². The van der Waals surface area contributed by atoms with Crippen LogP contribution in [0, 0.1) is 12.8 Å². The molecule has 0 saturated heterocycles. The number of nitrogens with zero attached hydrogens (tertiary/aromatic N) is 1. The molecule has 0 bridgehead atoms. The Morgan fingerprint density at radius 1 is 1.07 bits per heavy atom. The number of aryl methyl sites for hydroxylation is 1. The maximum Gasteiger partial charge on any atom is 0.341 e. The lowest BCUT2D eigenvalue weighted by Crippen LogP contribution is -2.48. The first-order chi connectivity index (χ1) is 14.3. The zero-order valence-electron chi connectivity index (χ0n) is 17.1. The molecule has 0 aliphatic heterocycles. The molecule has 1 atom stereocenters. The van der Waals surface area contributed by atoms with Crippen LogP contribution in [0.1, 0.15) is 35.3 Å². The molecule has 0 aromatic heterocycles. The molecule has 2 aromatic rings. The van der Waals surface area contributed by atoms with Crippen molar-refractivity contribution in [2.75, 3.05) is 6.61 Å². The standard InChI is InChI=1S/C22H25N3O5/c1-14(2)20(24-21(28)17-8-4-15(3)5-9-17)22(29)25-23-12-16-6-10-18(11-7-16)30-13-19(26)27/h4-12,14,20H,13H2,1-3H3,(H,24,28)(H,25,29)(H,26,27). The number of hydrogen-bond donors (Lipinski definition) is 3. The molecule has 0 heterocycles. The predicted octanol–water partition coefficient (Wildman–Crippen LogP) is 2.36. The molecule has 158 valence electrons. The number of nitrogens with one attached hydrogen (secondary N) is 2. The summed E-state index contributed by atoms with van der Waals surface area (Å²) < 4.78 is 5.05. The largest absolute Gasteiger partial charge is 0.482 e. The molecule has 30 heavy (non-hydrogen) atoms. The molecule has 0 spiro atoms. The Hall–Kier alpha value is -3.68. The normalized spacial score (nSPS) is 11.9. The Balaban J connectivity index is 1.93. The lowest BCUT2D eigenvalue weighted by Gasteiger charge is -2.20. The molecule has 0 radical (unpaired) electrons. The maximum absolute atomic E-state index is 12.5. The molecule has 1 unspecified atom stereocenters. The highest BCUT2D eigenvalue weighted by Crippen LogP contribution is 2.11. The minimum Gasteiger partial charge on any atom is -0.482 e. The highest BCUT2D eigenvalue weighted by Gasteiger charge is 2.24. The summed E-state index contributed by atoms with van der Waals surface area (Å²) in [7, 11) is 0. The quantitative estimate of drug-likeness (QED) is 0.433. The van der Waals surface area contributed by atoms with Gasteiger partial charge in [-0.1, -0.05) is 31.5 Å². The van der Waals surface area contributed by atoms with E-state index in [9.17, 15) is 14.4 Å². The number of carboxylic acid groups (broad SMARTS) is 1. The minimum atomic E-state index is -1.06. The van der Waals surface area contributed by atoms with Crippen molar-refractivity contribution in [3.05, 3.63) is 65.2 Å². The van der Waals surface area contributed by atoms with Gasteiger partial charge in [-0.05, 0) is 54.8 Å². The first-order valence-electron chi connectivity index (χ1n) is 9.41. The van der Waals surface area contributed by atoms with Crippen LogP contribution >= 0.6 is 0 Å². The van der Waals surface area contributed by atoms with Crippen LogP contribution in [0.2, 0.25) is 0 Å². The van der Waals surface area contributed by atoms with Crippen LogP contribution in [0.3, 0.4) is 0 Å².